The second-order valence-electron chi connectivity index (χ2n) is 6.92. The van der Waals surface area contributed by atoms with Gasteiger partial charge in [-0.05, 0) is 56.2 Å². The number of nitrogens with zero attached hydrogens (tertiary/aromatic N) is 4. The molecule has 1 saturated heterocycles. The van der Waals surface area contributed by atoms with Crippen LogP contribution in [0.1, 0.15) is 19.8 Å². The minimum absolute atomic E-state index is 0.480. The molecule has 156 valence electrons. The maximum atomic E-state index is 5.51. The molecule has 0 unspecified atom stereocenters. The van der Waals surface area contributed by atoms with Crippen molar-refractivity contribution in [2.45, 2.75) is 19.8 Å². The molecule has 1 aliphatic heterocycles. The second kappa shape index (κ2) is 9.30. The van der Waals surface area contributed by atoms with Crippen molar-refractivity contribution < 1.29 is 9.47 Å². The summed E-state index contributed by atoms with van der Waals surface area (Å²) in [5.41, 5.74) is 1.73. The lowest BCUT2D eigenvalue weighted by molar-refractivity contribution is 0.340. The van der Waals surface area contributed by atoms with Crippen molar-refractivity contribution in [3.8, 4) is 11.5 Å². The standard InChI is InChI=1S/C22H26N6O2/c1-3-30-18-11-9-16(10-12-18)23-20-25-21(24-17-7-6-8-19(15-17)29-2)27-22(26-20)28-13-4-5-14-28/h6-12,15H,3-5,13-14H2,1-2H3,(H2,23,24,25,26,27). The van der Waals surface area contributed by atoms with E-state index < -0.39 is 0 Å². The average molecular weight is 406 g/mol. The summed E-state index contributed by atoms with van der Waals surface area (Å²) in [6.07, 6.45) is 2.29. The summed E-state index contributed by atoms with van der Waals surface area (Å²) in [5, 5.41) is 6.54. The Balaban J connectivity index is 1.60. The fourth-order valence-electron chi connectivity index (χ4n) is 3.30. The van der Waals surface area contributed by atoms with Gasteiger partial charge in [-0.3, -0.25) is 0 Å². The van der Waals surface area contributed by atoms with Gasteiger partial charge in [0.15, 0.2) is 0 Å². The van der Waals surface area contributed by atoms with Gasteiger partial charge >= 0.3 is 0 Å². The fourth-order valence-corrected chi connectivity index (χ4v) is 3.30. The largest absolute Gasteiger partial charge is 0.497 e. The van der Waals surface area contributed by atoms with E-state index in [2.05, 4.69) is 30.5 Å². The summed E-state index contributed by atoms with van der Waals surface area (Å²) in [5.74, 6) is 3.23. The van der Waals surface area contributed by atoms with E-state index >= 15 is 0 Å². The monoisotopic (exact) mass is 406 g/mol. The van der Waals surface area contributed by atoms with Crippen LogP contribution < -0.4 is 25.0 Å². The Morgan fingerprint density at radius 2 is 1.57 bits per heavy atom. The van der Waals surface area contributed by atoms with E-state index in [4.69, 9.17) is 9.47 Å². The number of methoxy groups -OCH3 is 1. The predicted molar refractivity (Wildman–Crippen MR) is 118 cm³/mol. The van der Waals surface area contributed by atoms with E-state index in [1.54, 1.807) is 7.11 Å². The van der Waals surface area contributed by atoms with Gasteiger partial charge in [0.2, 0.25) is 17.8 Å². The first-order chi connectivity index (χ1) is 14.7. The summed E-state index contributed by atoms with van der Waals surface area (Å²) in [4.78, 5) is 16.0. The van der Waals surface area contributed by atoms with Crippen LogP contribution in [0.3, 0.4) is 0 Å². The first-order valence-corrected chi connectivity index (χ1v) is 10.2. The molecule has 8 nitrogen and oxygen atoms in total. The first kappa shape index (κ1) is 19.8. The van der Waals surface area contributed by atoms with E-state index in [1.165, 1.54) is 0 Å². The van der Waals surface area contributed by atoms with E-state index in [9.17, 15) is 0 Å². The molecule has 0 spiro atoms. The Kier molecular flexibility index (Phi) is 6.12. The number of anilines is 5. The number of benzene rings is 2. The zero-order valence-electron chi connectivity index (χ0n) is 17.3. The van der Waals surface area contributed by atoms with Crippen LogP contribution in [0, 0.1) is 0 Å². The molecule has 8 heteroatoms. The van der Waals surface area contributed by atoms with Crippen molar-refractivity contribution in [3.63, 3.8) is 0 Å². The van der Waals surface area contributed by atoms with Crippen molar-refractivity contribution in [2.75, 3.05) is 42.3 Å². The van der Waals surface area contributed by atoms with Crippen molar-refractivity contribution in [3.05, 3.63) is 48.5 Å². The van der Waals surface area contributed by atoms with Crippen LogP contribution in [0.15, 0.2) is 48.5 Å². The summed E-state index contributed by atoms with van der Waals surface area (Å²) in [6.45, 7) is 4.50. The van der Waals surface area contributed by atoms with Gasteiger partial charge in [0.05, 0.1) is 13.7 Å². The van der Waals surface area contributed by atoms with E-state index in [0.29, 0.717) is 24.5 Å². The Bertz CT molecular complexity index is 974. The van der Waals surface area contributed by atoms with Crippen LogP contribution in [0.2, 0.25) is 0 Å². The van der Waals surface area contributed by atoms with Gasteiger partial charge in [-0.2, -0.15) is 15.0 Å². The van der Waals surface area contributed by atoms with Crippen molar-refractivity contribution in [1.29, 1.82) is 0 Å². The molecule has 1 aromatic heterocycles. The summed E-state index contributed by atoms with van der Waals surface area (Å²) < 4.78 is 10.8. The lowest BCUT2D eigenvalue weighted by atomic mass is 10.3. The molecule has 2 N–H and O–H groups in total. The van der Waals surface area contributed by atoms with E-state index in [-0.39, 0.29) is 0 Å². The third-order valence-electron chi connectivity index (χ3n) is 4.76. The number of rotatable bonds is 8. The summed E-state index contributed by atoms with van der Waals surface area (Å²) in [7, 11) is 1.65. The Hall–Kier alpha value is -3.55. The van der Waals surface area contributed by atoms with Crippen LogP contribution in [-0.4, -0.2) is 41.8 Å². The molecule has 0 saturated carbocycles. The molecule has 3 aromatic rings. The normalized spacial score (nSPS) is 13.2. The molecule has 0 aliphatic carbocycles. The molecule has 2 heterocycles. The SMILES string of the molecule is CCOc1ccc(Nc2nc(Nc3cccc(OC)c3)nc(N3CCCC3)n2)cc1. The molecule has 1 fully saturated rings. The molecule has 0 atom stereocenters. The van der Waals surface area contributed by atoms with Crippen molar-refractivity contribution >= 4 is 29.2 Å². The number of ether oxygens (including phenoxy) is 2. The molecule has 1 aliphatic rings. The van der Waals surface area contributed by atoms with Gasteiger partial charge in [-0.1, -0.05) is 6.07 Å². The first-order valence-electron chi connectivity index (χ1n) is 10.2. The predicted octanol–water partition coefficient (Wildman–Crippen LogP) is 4.37. The van der Waals surface area contributed by atoms with Crippen LogP contribution in [0.25, 0.3) is 0 Å². The maximum absolute atomic E-state index is 5.51. The molecule has 0 bridgehead atoms. The van der Waals surface area contributed by atoms with Gasteiger partial charge in [-0.25, -0.2) is 0 Å². The molecule has 4 rings (SSSR count). The summed E-state index contributed by atoms with van der Waals surface area (Å²) in [6, 6.07) is 15.4. The minimum atomic E-state index is 0.480. The van der Waals surface area contributed by atoms with Crippen molar-refractivity contribution in [2.24, 2.45) is 0 Å². The third-order valence-corrected chi connectivity index (χ3v) is 4.76. The summed E-state index contributed by atoms with van der Waals surface area (Å²) >= 11 is 0. The highest BCUT2D eigenvalue weighted by atomic mass is 16.5. The Labute approximate surface area is 176 Å². The molecule has 2 aromatic carbocycles. The van der Waals surface area contributed by atoms with E-state index in [0.717, 1.165) is 48.8 Å². The van der Waals surface area contributed by atoms with Gasteiger partial charge in [0.1, 0.15) is 11.5 Å². The number of aromatic nitrogens is 3. The lowest BCUT2D eigenvalue weighted by Gasteiger charge is -2.17. The quantitative estimate of drug-likeness (QED) is 0.571. The molecule has 0 radical (unpaired) electrons. The zero-order valence-corrected chi connectivity index (χ0v) is 17.3. The lowest BCUT2D eigenvalue weighted by Crippen LogP contribution is -2.21. The highest BCUT2D eigenvalue weighted by Gasteiger charge is 2.18. The maximum Gasteiger partial charge on any atom is 0.233 e. The molecule has 0 amide bonds. The third kappa shape index (κ3) is 4.89. The smallest absolute Gasteiger partial charge is 0.233 e. The van der Waals surface area contributed by atoms with Gasteiger partial charge < -0.3 is 25.0 Å². The average Bonchev–Trinajstić information content (AvgIpc) is 3.30. The molecular weight excluding hydrogens is 380 g/mol. The van der Waals surface area contributed by atoms with Crippen LogP contribution >= 0.6 is 0 Å². The minimum Gasteiger partial charge on any atom is -0.497 e. The molecule has 30 heavy (non-hydrogen) atoms. The van der Waals surface area contributed by atoms with Crippen LogP contribution in [0.5, 0.6) is 11.5 Å². The van der Waals surface area contributed by atoms with Gasteiger partial charge in [-0.15, -0.1) is 0 Å². The Morgan fingerprint density at radius 1 is 0.867 bits per heavy atom. The fraction of sp³-hybridized carbons (Fsp3) is 0.318. The molecular formula is C22H26N6O2. The Morgan fingerprint density at radius 3 is 2.23 bits per heavy atom. The number of hydrogen-bond acceptors (Lipinski definition) is 8. The second-order valence-corrected chi connectivity index (χ2v) is 6.92. The number of hydrogen-bond donors (Lipinski definition) is 2. The topological polar surface area (TPSA) is 84.4 Å². The zero-order chi connectivity index (χ0) is 20.8. The van der Waals surface area contributed by atoms with E-state index in [1.807, 2.05) is 55.5 Å². The van der Waals surface area contributed by atoms with Gasteiger partial charge in [0, 0.05) is 30.5 Å². The van der Waals surface area contributed by atoms with Gasteiger partial charge in [0.25, 0.3) is 0 Å². The highest BCUT2D eigenvalue weighted by Crippen LogP contribution is 2.25. The van der Waals surface area contributed by atoms with Crippen LogP contribution in [-0.2, 0) is 0 Å². The number of nitrogens with one attached hydrogen (secondary N) is 2. The van der Waals surface area contributed by atoms with Crippen molar-refractivity contribution in [1.82, 2.24) is 15.0 Å². The highest BCUT2D eigenvalue weighted by molar-refractivity contribution is 5.61. The van der Waals surface area contributed by atoms with Crippen LogP contribution in [0.4, 0.5) is 29.2 Å².